The maximum Gasteiger partial charge on any atom is 0.269 e. The molecule has 356 valence electrons. The van der Waals surface area contributed by atoms with Crippen molar-refractivity contribution in [3.05, 3.63) is 119 Å². The summed E-state index contributed by atoms with van der Waals surface area (Å²) in [6, 6.07) is 27.0. The van der Waals surface area contributed by atoms with Crippen LogP contribution in [-0.2, 0) is 0 Å². The van der Waals surface area contributed by atoms with Crippen molar-refractivity contribution >= 4 is 35.6 Å². The molecular formula is C51H61FN12O4. The lowest BCUT2D eigenvalue weighted by molar-refractivity contribution is 0.0955. The topological polar surface area (TPSA) is 212 Å². The van der Waals surface area contributed by atoms with Gasteiger partial charge >= 0.3 is 0 Å². The van der Waals surface area contributed by atoms with Crippen LogP contribution in [0.4, 0.5) is 22.2 Å². The first-order valence-electron chi connectivity index (χ1n) is 23.1. The number of piperidine rings is 1. The lowest BCUT2D eigenvalue weighted by Crippen LogP contribution is -2.31. The Balaban J connectivity index is 0.000000168. The van der Waals surface area contributed by atoms with Crippen molar-refractivity contribution in [3.63, 3.8) is 0 Å². The first kappa shape index (κ1) is 49.9. The van der Waals surface area contributed by atoms with Gasteiger partial charge in [-0.3, -0.25) is 14.4 Å². The van der Waals surface area contributed by atoms with Crippen molar-refractivity contribution in [2.75, 3.05) is 68.1 Å². The van der Waals surface area contributed by atoms with Gasteiger partial charge in [0, 0.05) is 63.0 Å². The summed E-state index contributed by atoms with van der Waals surface area (Å²) in [5, 5.41) is 2.65. The van der Waals surface area contributed by atoms with Crippen LogP contribution in [0.15, 0.2) is 91.0 Å². The third kappa shape index (κ3) is 13.3. The third-order valence-corrected chi connectivity index (χ3v) is 11.5. The number of aryl methyl sites for hydroxylation is 1. The van der Waals surface area contributed by atoms with Gasteiger partial charge in [-0.25, -0.2) is 34.3 Å². The molecule has 5 heterocycles. The van der Waals surface area contributed by atoms with Gasteiger partial charge in [-0.15, -0.1) is 0 Å². The van der Waals surface area contributed by atoms with E-state index in [1.54, 1.807) is 19.2 Å². The van der Waals surface area contributed by atoms with E-state index in [0.29, 0.717) is 53.6 Å². The van der Waals surface area contributed by atoms with Gasteiger partial charge in [-0.1, -0.05) is 73.0 Å². The second kappa shape index (κ2) is 24.3. The molecule has 2 aliphatic rings. The molecule has 0 aliphatic carbocycles. The second-order valence-electron chi connectivity index (χ2n) is 16.3. The zero-order chi connectivity index (χ0) is 48.6. The Morgan fingerprint density at radius 3 is 1.66 bits per heavy atom. The van der Waals surface area contributed by atoms with Crippen molar-refractivity contribution in [1.29, 1.82) is 0 Å². The largest absolute Gasteiger partial charge is 0.496 e. The van der Waals surface area contributed by atoms with Crippen molar-refractivity contribution in [3.8, 4) is 39.5 Å². The molecule has 0 saturated carbocycles. The first-order chi connectivity index (χ1) is 32.9. The van der Waals surface area contributed by atoms with Crippen LogP contribution in [0.3, 0.4) is 0 Å². The number of nitrogens with two attached hydrogens (primary N) is 2. The lowest BCUT2D eigenvalue weighted by atomic mass is 10.1. The number of methoxy groups -OCH3 is 1. The number of benzene rings is 3. The van der Waals surface area contributed by atoms with Crippen molar-refractivity contribution < 1.29 is 23.5 Å². The minimum absolute atomic E-state index is 0.0724. The summed E-state index contributed by atoms with van der Waals surface area (Å²) in [7, 11) is 3.11. The number of hydrogen-bond donors (Lipinski definition) is 3. The van der Waals surface area contributed by atoms with E-state index in [-0.39, 0.29) is 17.3 Å². The number of anilines is 3. The van der Waals surface area contributed by atoms with Crippen LogP contribution in [-0.4, -0.2) is 101 Å². The number of halogens is 1. The summed E-state index contributed by atoms with van der Waals surface area (Å²) >= 11 is 0. The van der Waals surface area contributed by atoms with Crippen LogP contribution < -0.4 is 36.2 Å². The highest BCUT2D eigenvalue weighted by atomic mass is 19.1. The number of nitrogens with one attached hydrogen (secondary N) is 1. The molecule has 2 aliphatic heterocycles. The monoisotopic (exact) mass is 924 g/mol. The Hall–Kier alpha value is -7.56. The minimum atomic E-state index is -0.669. The predicted molar refractivity (Wildman–Crippen MR) is 264 cm³/mol. The number of rotatable bonds is 12. The van der Waals surface area contributed by atoms with E-state index in [2.05, 4.69) is 40.0 Å². The molecule has 3 aromatic heterocycles. The standard InChI is InChI=1S/C18H22N4O.C17H20N4O.C16H19FN4O2/c1-19-17(23)16-13-15(14-9-5-4-6-10-14)20-18(21-16)22-11-7-2-3-8-12-22;1-12-5-7-13(8-6-12)14-11-15(16(18)22)20-17(19-14)21-9-3-2-4-10-21;1-4-21(5-2)16-19-12(9-13(20-16)15(18)22)11-8-10(17)6-7-14(11)23-3/h4-6,9-10,13H,2-3,7-8,11-12H2,1H3,(H,19,23);5-8,11H,2-4,9-10H2,1H3,(H2,18,22);6-9H,4-5H2,1-3H3,(H2,18,22). The molecule has 0 spiro atoms. The maximum atomic E-state index is 13.6. The molecule has 0 unspecified atom stereocenters. The van der Waals surface area contributed by atoms with Gasteiger partial charge in [0.25, 0.3) is 17.7 Å². The molecule has 3 aromatic carbocycles. The average Bonchev–Trinajstić information content (AvgIpc) is 3.67. The van der Waals surface area contributed by atoms with Crippen molar-refractivity contribution in [2.24, 2.45) is 11.5 Å². The molecule has 6 aromatic rings. The molecule has 5 N–H and O–H groups in total. The van der Waals surface area contributed by atoms with Crippen LogP contribution in [0.25, 0.3) is 33.8 Å². The Morgan fingerprint density at radius 2 is 1.13 bits per heavy atom. The summed E-state index contributed by atoms with van der Waals surface area (Å²) in [5.41, 5.74) is 17.0. The molecule has 68 heavy (non-hydrogen) atoms. The van der Waals surface area contributed by atoms with E-state index >= 15 is 0 Å². The van der Waals surface area contributed by atoms with Crippen LogP contribution in [0, 0.1) is 12.7 Å². The highest BCUT2D eigenvalue weighted by Crippen LogP contribution is 2.31. The second-order valence-corrected chi connectivity index (χ2v) is 16.3. The highest BCUT2D eigenvalue weighted by molar-refractivity contribution is 5.94. The van der Waals surface area contributed by atoms with E-state index < -0.39 is 17.6 Å². The quantitative estimate of drug-likeness (QED) is 0.108. The molecule has 3 amide bonds. The third-order valence-electron chi connectivity index (χ3n) is 11.5. The minimum Gasteiger partial charge on any atom is -0.496 e. The fourth-order valence-electron chi connectivity index (χ4n) is 7.74. The van der Waals surface area contributed by atoms with E-state index in [0.717, 1.165) is 74.4 Å². The van der Waals surface area contributed by atoms with Gasteiger partial charge in [0.2, 0.25) is 17.8 Å². The number of nitrogens with zero attached hydrogens (tertiary/aromatic N) is 9. The fraction of sp³-hybridized carbons (Fsp3) is 0.353. The molecule has 17 heteroatoms. The molecular weight excluding hydrogens is 864 g/mol. The number of amides is 3. The van der Waals surface area contributed by atoms with Gasteiger partial charge in [0.15, 0.2) is 0 Å². The Kier molecular flexibility index (Phi) is 17.8. The zero-order valence-corrected chi connectivity index (χ0v) is 39.5. The van der Waals surface area contributed by atoms with Crippen LogP contribution in [0.1, 0.15) is 95.8 Å². The molecule has 0 radical (unpaired) electrons. The summed E-state index contributed by atoms with van der Waals surface area (Å²) < 4.78 is 18.9. The van der Waals surface area contributed by atoms with Crippen LogP contribution in [0.5, 0.6) is 5.75 Å². The Bertz CT molecular complexity index is 2630. The first-order valence-corrected chi connectivity index (χ1v) is 23.1. The predicted octanol–water partition coefficient (Wildman–Crippen LogP) is 7.66. The normalized spacial score (nSPS) is 13.4. The summed E-state index contributed by atoms with van der Waals surface area (Å²) in [4.78, 5) is 68.3. The SMILES string of the molecule is CCN(CC)c1nc(C(N)=O)cc(-c2cc(F)ccc2OC)n1.CNC(=O)c1cc(-c2ccccc2)nc(N2CCCCCC2)n1.Cc1ccc(-c2cc(C(N)=O)nc(N3CCCCC3)n2)cc1. The van der Waals surface area contributed by atoms with E-state index in [9.17, 15) is 18.8 Å². The number of aromatic nitrogens is 6. The van der Waals surface area contributed by atoms with Crippen LogP contribution >= 0.6 is 0 Å². The highest BCUT2D eigenvalue weighted by Gasteiger charge is 2.20. The number of ether oxygens (including phenoxy) is 1. The molecule has 2 fully saturated rings. The Labute approximate surface area is 397 Å². The number of carbonyl (C=O) groups excluding carboxylic acids is 3. The average molecular weight is 925 g/mol. The number of hydrogen-bond acceptors (Lipinski definition) is 13. The van der Waals surface area contributed by atoms with Gasteiger partial charge in [0.05, 0.1) is 24.2 Å². The number of primary amides is 2. The van der Waals surface area contributed by atoms with Crippen molar-refractivity contribution in [1.82, 2.24) is 35.2 Å². The van der Waals surface area contributed by atoms with Gasteiger partial charge in [0.1, 0.15) is 28.6 Å². The van der Waals surface area contributed by atoms with E-state index in [1.807, 2.05) is 80.3 Å². The van der Waals surface area contributed by atoms with Gasteiger partial charge < -0.3 is 36.2 Å². The smallest absolute Gasteiger partial charge is 0.269 e. The van der Waals surface area contributed by atoms with E-state index in [4.69, 9.17) is 21.2 Å². The molecule has 0 atom stereocenters. The summed E-state index contributed by atoms with van der Waals surface area (Å²) in [6.07, 6.45) is 8.28. The Morgan fingerprint density at radius 1 is 0.632 bits per heavy atom. The molecule has 16 nitrogen and oxygen atoms in total. The summed E-state index contributed by atoms with van der Waals surface area (Å²) in [6.45, 7) is 11.0. The van der Waals surface area contributed by atoms with E-state index in [1.165, 1.54) is 56.2 Å². The lowest BCUT2D eigenvalue weighted by Gasteiger charge is -2.27. The van der Waals surface area contributed by atoms with Gasteiger partial charge in [-0.05, 0) is 89.3 Å². The fourth-order valence-corrected chi connectivity index (χ4v) is 7.74. The molecule has 0 bridgehead atoms. The zero-order valence-electron chi connectivity index (χ0n) is 39.5. The van der Waals surface area contributed by atoms with Gasteiger partial charge in [-0.2, -0.15) is 0 Å². The van der Waals surface area contributed by atoms with Crippen molar-refractivity contribution in [2.45, 2.75) is 65.7 Å². The number of carbonyl (C=O) groups is 3. The maximum absolute atomic E-state index is 13.6. The molecule has 8 rings (SSSR count). The molecule has 2 saturated heterocycles. The summed E-state index contributed by atoms with van der Waals surface area (Å²) in [5.74, 6) is 0.286. The van der Waals surface area contributed by atoms with Crippen LogP contribution in [0.2, 0.25) is 0 Å².